The van der Waals surface area contributed by atoms with Gasteiger partial charge in [0.15, 0.2) is 0 Å². The molecule has 0 saturated carbocycles. The van der Waals surface area contributed by atoms with Gasteiger partial charge < -0.3 is 5.32 Å². The first-order valence-corrected chi connectivity index (χ1v) is 6.01. The van der Waals surface area contributed by atoms with E-state index in [0.29, 0.717) is 19.4 Å². The molecule has 13 heavy (non-hydrogen) atoms. The van der Waals surface area contributed by atoms with E-state index in [2.05, 4.69) is 16.6 Å². The van der Waals surface area contributed by atoms with Crippen molar-refractivity contribution in [2.24, 2.45) is 0 Å². The second-order valence-electron chi connectivity index (χ2n) is 3.13. The Hall–Kier alpha value is -0.390. The van der Waals surface area contributed by atoms with Crippen molar-refractivity contribution in [1.29, 1.82) is 0 Å². The third-order valence-corrected chi connectivity index (χ3v) is 4.07. The van der Waals surface area contributed by atoms with Gasteiger partial charge in [0.2, 0.25) is 10.0 Å². The average Bonchev–Trinajstić information content (AvgIpc) is 2.16. The fraction of sp³-hybridized carbons (Fsp3) is 0.750. The second kappa shape index (κ2) is 4.74. The van der Waals surface area contributed by atoms with Crippen LogP contribution in [0, 0.1) is 0 Å². The maximum absolute atomic E-state index is 11.6. The topological polar surface area (TPSA) is 58.2 Å². The number of nitrogens with one attached hydrogen (secondary N) is 2. The van der Waals surface area contributed by atoms with E-state index in [1.165, 1.54) is 0 Å². The van der Waals surface area contributed by atoms with Crippen LogP contribution in [0.4, 0.5) is 0 Å². The molecule has 0 bridgehead atoms. The van der Waals surface area contributed by atoms with Crippen LogP contribution in [0.3, 0.4) is 0 Å². The van der Waals surface area contributed by atoms with Gasteiger partial charge in [0.25, 0.3) is 0 Å². The van der Waals surface area contributed by atoms with Crippen LogP contribution < -0.4 is 10.0 Å². The van der Waals surface area contributed by atoms with Crippen molar-refractivity contribution in [3.8, 4) is 0 Å². The van der Waals surface area contributed by atoms with Gasteiger partial charge in [-0.3, -0.25) is 0 Å². The molecular weight excluding hydrogens is 188 g/mol. The first kappa shape index (κ1) is 10.7. The van der Waals surface area contributed by atoms with E-state index < -0.39 is 10.0 Å². The highest BCUT2D eigenvalue weighted by molar-refractivity contribution is 7.90. The van der Waals surface area contributed by atoms with Gasteiger partial charge in [-0.1, -0.05) is 6.08 Å². The first-order chi connectivity index (χ1) is 6.17. The summed E-state index contributed by atoms with van der Waals surface area (Å²) in [7, 11) is -3.11. The average molecular weight is 204 g/mol. The van der Waals surface area contributed by atoms with Crippen molar-refractivity contribution in [3.05, 3.63) is 12.7 Å². The van der Waals surface area contributed by atoms with Gasteiger partial charge in [-0.15, -0.1) is 6.58 Å². The van der Waals surface area contributed by atoms with E-state index in [4.69, 9.17) is 0 Å². The Morgan fingerprint density at radius 1 is 1.46 bits per heavy atom. The molecule has 1 fully saturated rings. The van der Waals surface area contributed by atoms with E-state index in [1.54, 1.807) is 6.08 Å². The number of rotatable bonds is 4. The van der Waals surface area contributed by atoms with Crippen LogP contribution in [0.25, 0.3) is 0 Å². The molecule has 0 spiro atoms. The number of sulfonamides is 1. The quantitative estimate of drug-likeness (QED) is 0.626. The summed E-state index contributed by atoms with van der Waals surface area (Å²) in [6.07, 6.45) is 2.96. The predicted molar refractivity (Wildman–Crippen MR) is 53.0 cm³/mol. The van der Waals surface area contributed by atoms with Crippen LogP contribution in [0.5, 0.6) is 0 Å². The summed E-state index contributed by atoms with van der Waals surface area (Å²) in [4.78, 5) is 0. The maximum Gasteiger partial charge on any atom is 0.214 e. The smallest absolute Gasteiger partial charge is 0.214 e. The van der Waals surface area contributed by atoms with Crippen LogP contribution >= 0.6 is 0 Å². The van der Waals surface area contributed by atoms with Gasteiger partial charge >= 0.3 is 0 Å². The fourth-order valence-corrected chi connectivity index (χ4v) is 2.84. The second-order valence-corrected chi connectivity index (χ2v) is 5.18. The lowest BCUT2D eigenvalue weighted by Gasteiger charge is -2.22. The van der Waals surface area contributed by atoms with Crippen molar-refractivity contribution in [3.63, 3.8) is 0 Å². The molecule has 1 aliphatic rings. The Kier molecular flexibility index (Phi) is 3.90. The van der Waals surface area contributed by atoms with E-state index in [9.17, 15) is 8.42 Å². The molecule has 1 saturated heterocycles. The van der Waals surface area contributed by atoms with Gasteiger partial charge in [-0.05, 0) is 25.9 Å². The summed E-state index contributed by atoms with van der Waals surface area (Å²) in [5.41, 5.74) is 0. The molecule has 0 unspecified atom stereocenters. The molecule has 0 aromatic heterocycles. The van der Waals surface area contributed by atoms with Crippen molar-refractivity contribution < 1.29 is 8.42 Å². The third-order valence-electron chi connectivity index (χ3n) is 2.15. The minimum atomic E-state index is -3.11. The highest BCUT2D eigenvalue weighted by Gasteiger charge is 2.25. The zero-order chi connectivity index (χ0) is 9.73. The van der Waals surface area contributed by atoms with Crippen molar-refractivity contribution >= 4 is 10.0 Å². The molecule has 1 rings (SSSR count). The largest absolute Gasteiger partial charge is 0.317 e. The fourth-order valence-electron chi connectivity index (χ4n) is 1.40. The summed E-state index contributed by atoms with van der Waals surface area (Å²) in [5, 5.41) is 2.90. The molecule has 1 heterocycles. The van der Waals surface area contributed by atoms with E-state index in [0.717, 1.165) is 13.1 Å². The molecule has 0 atom stereocenters. The molecule has 0 radical (unpaired) electrons. The van der Waals surface area contributed by atoms with Crippen LogP contribution in [0.15, 0.2) is 12.7 Å². The van der Waals surface area contributed by atoms with Crippen molar-refractivity contribution in [2.75, 3.05) is 19.6 Å². The van der Waals surface area contributed by atoms with Crippen molar-refractivity contribution in [2.45, 2.75) is 18.1 Å². The molecule has 0 amide bonds. The number of hydrogen-bond donors (Lipinski definition) is 2. The highest BCUT2D eigenvalue weighted by atomic mass is 32.2. The summed E-state index contributed by atoms with van der Waals surface area (Å²) < 4.78 is 25.6. The van der Waals surface area contributed by atoms with E-state index in [-0.39, 0.29) is 5.25 Å². The van der Waals surface area contributed by atoms with Crippen LogP contribution in [-0.4, -0.2) is 33.3 Å². The SMILES string of the molecule is C=CCNS(=O)(=O)C1CCNCC1. The zero-order valence-electron chi connectivity index (χ0n) is 7.62. The first-order valence-electron chi connectivity index (χ1n) is 4.47. The minimum Gasteiger partial charge on any atom is -0.317 e. The van der Waals surface area contributed by atoms with E-state index >= 15 is 0 Å². The summed E-state index contributed by atoms with van der Waals surface area (Å²) >= 11 is 0. The summed E-state index contributed by atoms with van der Waals surface area (Å²) in [6, 6.07) is 0. The molecule has 4 nitrogen and oxygen atoms in total. The molecule has 76 valence electrons. The molecular formula is C8H16N2O2S. The standard InChI is InChI=1S/C8H16N2O2S/c1-2-5-10-13(11,12)8-3-6-9-7-4-8/h2,8-10H,1,3-7H2. The zero-order valence-corrected chi connectivity index (χ0v) is 8.44. The Labute approximate surface area is 79.5 Å². The summed E-state index contributed by atoms with van der Waals surface area (Å²) in [6.45, 7) is 5.38. The van der Waals surface area contributed by atoms with Crippen LogP contribution in [0.2, 0.25) is 0 Å². The monoisotopic (exact) mass is 204 g/mol. The maximum atomic E-state index is 11.6. The minimum absolute atomic E-state index is 0.228. The normalized spacial score (nSPS) is 20.0. The number of hydrogen-bond acceptors (Lipinski definition) is 3. The van der Waals surface area contributed by atoms with Gasteiger partial charge in [-0.25, -0.2) is 13.1 Å². The molecule has 2 N–H and O–H groups in total. The van der Waals surface area contributed by atoms with Crippen LogP contribution in [-0.2, 0) is 10.0 Å². The molecule has 0 aromatic rings. The van der Waals surface area contributed by atoms with Crippen molar-refractivity contribution in [1.82, 2.24) is 10.0 Å². The third kappa shape index (κ3) is 3.10. The summed E-state index contributed by atoms with van der Waals surface area (Å²) in [5.74, 6) is 0. The van der Waals surface area contributed by atoms with Gasteiger partial charge in [0, 0.05) is 6.54 Å². The highest BCUT2D eigenvalue weighted by Crippen LogP contribution is 2.11. The predicted octanol–water partition coefficient (Wildman–Crippen LogP) is -0.156. The molecule has 1 aliphatic heterocycles. The Morgan fingerprint density at radius 2 is 2.08 bits per heavy atom. The van der Waals surface area contributed by atoms with Crippen LogP contribution in [0.1, 0.15) is 12.8 Å². The molecule has 0 aliphatic carbocycles. The molecule has 0 aromatic carbocycles. The Balaban J connectivity index is 2.51. The molecule has 5 heteroatoms. The Bertz CT molecular complexity index is 255. The number of piperidine rings is 1. The Morgan fingerprint density at radius 3 is 2.62 bits per heavy atom. The lowest BCUT2D eigenvalue weighted by atomic mass is 10.2. The van der Waals surface area contributed by atoms with Gasteiger partial charge in [-0.2, -0.15) is 0 Å². The van der Waals surface area contributed by atoms with Gasteiger partial charge in [0.05, 0.1) is 5.25 Å². The lowest BCUT2D eigenvalue weighted by Crippen LogP contribution is -2.41. The lowest BCUT2D eigenvalue weighted by molar-refractivity contribution is 0.491. The van der Waals surface area contributed by atoms with Gasteiger partial charge in [0.1, 0.15) is 0 Å². The van der Waals surface area contributed by atoms with E-state index in [1.807, 2.05) is 0 Å².